The topological polar surface area (TPSA) is 71.1 Å². The molecule has 0 bridgehead atoms. The number of aryl methyl sites for hydroxylation is 1. The molecule has 0 unspecified atom stereocenters. The lowest BCUT2D eigenvalue weighted by molar-refractivity contribution is -0.133. The number of aromatic nitrogens is 1. The molecule has 0 aliphatic rings. The summed E-state index contributed by atoms with van der Waals surface area (Å²) in [5.41, 5.74) is 2.73. The molecule has 0 aliphatic carbocycles. The highest BCUT2D eigenvalue weighted by Gasteiger charge is 2.16. The minimum absolute atomic E-state index is 0.0384. The molecule has 0 atom stereocenters. The zero-order valence-corrected chi connectivity index (χ0v) is 13.8. The van der Waals surface area contributed by atoms with Gasteiger partial charge < -0.3 is 10.6 Å². The van der Waals surface area contributed by atoms with Crippen LogP contribution in [0.3, 0.4) is 0 Å². The normalized spacial score (nSPS) is 11.0. The smallest absolute Gasteiger partial charge is 0.315 e. The van der Waals surface area contributed by atoms with E-state index in [0.29, 0.717) is 11.5 Å². The van der Waals surface area contributed by atoms with Crippen LogP contribution in [0.1, 0.15) is 31.9 Å². The van der Waals surface area contributed by atoms with E-state index < -0.39 is 11.8 Å². The Bertz CT molecular complexity index is 716. The van der Waals surface area contributed by atoms with Crippen molar-refractivity contribution in [3.63, 3.8) is 0 Å². The van der Waals surface area contributed by atoms with Crippen molar-refractivity contribution in [3.8, 4) is 0 Å². The maximum Gasteiger partial charge on any atom is 0.315 e. The van der Waals surface area contributed by atoms with Gasteiger partial charge in [-0.1, -0.05) is 32.9 Å². The second kappa shape index (κ2) is 6.60. The van der Waals surface area contributed by atoms with E-state index in [2.05, 4.69) is 36.4 Å². The fourth-order valence-electron chi connectivity index (χ4n) is 2.02. The molecule has 0 fully saturated rings. The predicted octanol–water partition coefficient (Wildman–Crippen LogP) is 3.26. The van der Waals surface area contributed by atoms with Crippen LogP contribution < -0.4 is 10.6 Å². The van der Waals surface area contributed by atoms with Crippen LogP contribution in [0, 0.1) is 6.92 Å². The van der Waals surface area contributed by atoms with Gasteiger partial charge in [-0.3, -0.25) is 9.59 Å². The second-order valence-corrected chi connectivity index (χ2v) is 6.45. The lowest BCUT2D eigenvalue weighted by atomic mass is 9.87. The molecule has 23 heavy (non-hydrogen) atoms. The number of carbonyl (C=O) groups is 2. The quantitative estimate of drug-likeness (QED) is 0.836. The summed E-state index contributed by atoms with van der Waals surface area (Å²) in [4.78, 5) is 27.8. The maximum atomic E-state index is 11.9. The number of benzene rings is 1. The number of nitrogens with one attached hydrogen (secondary N) is 2. The first-order chi connectivity index (χ1) is 10.8. The molecular weight excluding hydrogens is 290 g/mol. The van der Waals surface area contributed by atoms with Crippen molar-refractivity contribution >= 4 is 23.3 Å². The van der Waals surface area contributed by atoms with Crippen LogP contribution in [0.5, 0.6) is 0 Å². The van der Waals surface area contributed by atoms with Crippen LogP contribution >= 0.6 is 0 Å². The number of hydrogen-bond acceptors (Lipinski definition) is 3. The Kier molecular flexibility index (Phi) is 4.79. The number of hydrogen-bond donors (Lipinski definition) is 2. The summed E-state index contributed by atoms with van der Waals surface area (Å²) >= 11 is 0. The molecule has 0 radical (unpaired) electrons. The molecule has 120 valence electrons. The van der Waals surface area contributed by atoms with Gasteiger partial charge in [0.1, 0.15) is 5.82 Å². The summed E-state index contributed by atoms with van der Waals surface area (Å²) in [6, 6.07) is 11.0. The lowest BCUT2D eigenvalue weighted by Gasteiger charge is -2.19. The van der Waals surface area contributed by atoms with Crippen LogP contribution in [0.15, 0.2) is 42.6 Å². The summed E-state index contributed by atoms with van der Waals surface area (Å²) in [5, 5.41) is 5.05. The molecule has 1 heterocycles. The Hall–Kier alpha value is -2.69. The van der Waals surface area contributed by atoms with Gasteiger partial charge in [-0.2, -0.15) is 0 Å². The van der Waals surface area contributed by atoms with Crippen molar-refractivity contribution in [2.75, 3.05) is 10.6 Å². The minimum Gasteiger partial charge on any atom is -0.318 e. The van der Waals surface area contributed by atoms with Gasteiger partial charge in [0.25, 0.3) is 0 Å². The third-order valence-electron chi connectivity index (χ3n) is 3.37. The molecule has 0 saturated heterocycles. The van der Waals surface area contributed by atoms with Gasteiger partial charge in [-0.25, -0.2) is 4.98 Å². The largest absolute Gasteiger partial charge is 0.318 e. The van der Waals surface area contributed by atoms with Gasteiger partial charge in [0.05, 0.1) is 0 Å². The van der Waals surface area contributed by atoms with E-state index in [1.54, 1.807) is 24.4 Å². The van der Waals surface area contributed by atoms with Crippen LogP contribution in [-0.2, 0) is 15.0 Å². The van der Waals surface area contributed by atoms with Crippen molar-refractivity contribution in [2.24, 2.45) is 0 Å². The first-order valence-corrected chi connectivity index (χ1v) is 7.41. The van der Waals surface area contributed by atoms with Crippen molar-refractivity contribution in [3.05, 3.63) is 53.7 Å². The summed E-state index contributed by atoms with van der Waals surface area (Å²) in [6.45, 7) is 8.23. The number of amides is 2. The van der Waals surface area contributed by atoms with Gasteiger partial charge in [0, 0.05) is 11.9 Å². The molecule has 2 rings (SSSR count). The predicted molar refractivity (Wildman–Crippen MR) is 91.4 cm³/mol. The summed E-state index contributed by atoms with van der Waals surface area (Å²) in [5.74, 6) is -1.12. The number of anilines is 2. The maximum absolute atomic E-state index is 11.9. The molecule has 1 aromatic heterocycles. The molecule has 0 spiro atoms. The third-order valence-corrected chi connectivity index (χ3v) is 3.37. The Morgan fingerprint density at radius 3 is 2.13 bits per heavy atom. The molecule has 5 heteroatoms. The highest BCUT2D eigenvalue weighted by molar-refractivity contribution is 6.43. The average molecular weight is 311 g/mol. The summed E-state index contributed by atoms with van der Waals surface area (Å²) < 4.78 is 0. The Balaban J connectivity index is 2.00. The van der Waals surface area contributed by atoms with E-state index in [9.17, 15) is 9.59 Å². The van der Waals surface area contributed by atoms with Gasteiger partial charge in [0.15, 0.2) is 0 Å². The minimum atomic E-state index is -0.747. The first-order valence-electron chi connectivity index (χ1n) is 7.41. The van der Waals surface area contributed by atoms with E-state index in [1.807, 2.05) is 25.1 Å². The Morgan fingerprint density at radius 1 is 0.957 bits per heavy atom. The van der Waals surface area contributed by atoms with Gasteiger partial charge in [-0.15, -0.1) is 0 Å². The monoisotopic (exact) mass is 311 g/mol. The van der Waals surface area contributed by atoms with Crippen molar-refractivity contribution in [1.29, 1.82) is 0 Å². The van der Waals surface area contributed by atoms with E-state index >= 15 is 0 Å². The van der Waals surface area contributed by atoms with Crippen LogP contribution in [0.25, 0.3) is 0 Å². The van der Waals surface area contributed by atoms with Gasteiger partial charge in [0.2, 0.25) is 0 Å². The van der Waals surface area contributed by atoms with E-state index in [-0.39, 0.29) is 5.41 Å². The molecule has 2 N–H and O–H groups in total. The summed E-state index contributed by atoms with van der Waals surface area (Å²) in [6.07, 6.45) is 1.58. The highest BCUT2D eigenvalue weighted by Crippen LogP contribution is 2.23. The third kappa shape index (κ3) is 4.64. The van der Waals surface area contributed by atoms with Gasteiger partial charge in [-0.05, 0) is 47.7 Å². The van der Waals surface area contributed by atoms with Crippen molar-refractivity contribution in [1.82, 2.24) is 4.98 Å². The number of nitrogens with zero attached hydrogens (tertiary/aromatic N) is 1. The molecular formula is C18H21N3O2. The van der Waals surface area contributed by atoms with Crippen LogP contribution in [-0.4, -0.2) is 16.8 Å². The van der Waals surface area contributed by atoms with Crippen LogP contribution in [0.4, 0.5) is 11.5 Å². The molecule has 2 amide bonds. The van der Waals surface area contributed by atoms with Crippen molar-refractivity contribution < 1.29 is 9.59 Å². The van der Waals surface area contributed by atoms with E-state index in [4.69, 9.17) is 0 Å². The molecule has 0 aliphatic heterocycles. The van der Waals surface area contributed by atoms with E-state index in [0.717, 1.165) is 11.1 Å². The number of rotatable bonds is 2. The fourth-order valence-corrected chi connectivity index (χ4v) is 2.02. The molecule has 5 nitrogen and oxygen atoms in total. The molecule has 0 saturated carbocycles. The Morgan fingerprint density at radius 2 is 1.57 bits per heavy atom. The lowest BCUT2D eigenvalue weighted by Crippen LogP contribution is -2.29. The van der Waals surface area contributed by atoms with E-state index in [1.165, 1.54) is 0 Å². The standard InChI is InChI=1S/C18H21N3O2/c1-12-9-10-19-15(11-12)21-17(23)16(22)20-14-7-5-13(6-8-14)18(2,3)4/h5-11H,1-4H3,(H,20,22)(H,19,21,23). The van der Waals surface area contributed by atoms with Crippen molar-refractivity contribution in [2.45, 2.75) is 33.1 Å². The van der Waals surface area contributed by atoms with Crippen LogP contribution in [0.2, 0.25) is 0 Å². The number of carbonyl (C=O) groups excluding carboxylic acids is 2. The average Bonchev–Trinajstić information content (AvgIpc) is 2.46. The zero-order chi connectivity index (χ0) is 17.0. The first kappa shape index (κ1) is 16.7. The zero-order valence-electron chi connectivity index (χ0n) is 13.8. The number of pyridine rings is 1. The van der Waals surface area contributed by atoms with Gasteiger partial charge >= 0.3 is 11.8 Å². The fraction of sp³-hybridized carbons (Fsp3) is 0.278. The highest BCUT2D eigenvalue weighted by atomic mass is 16.2. The molecule has 1 aromatic carbocycles. The Labute approximate surface area is 136 Å². The second-order valence-electron chi connectivity index (χ2n) is 6.45. The summed E-state index contributed by atoms with van der Waals surface area (Å²) in [7, 11) is 0. The SMILES string of the molecule is Cc1ccnc(NC(=O)C(=O)Nc2ccc(C(C)(C)C)cc2)c1. The molecule has 2 aromatic rings.